The number of rotatable bonds is 7. The van der Waals surface area contributed by atoms with Gasteiger partial charge in [0.15, 0.2) is 0 Å². The maximum absolute atomic E-state index is 14.4. The molecule has 202 valence electrons. The van der Waals surface area contributed by atoms with Crippen LogP contribution < -0.4 is 15.4 Å². The van der Waals surface area contributed by atoms with Crippen LogP contribution in [0.2, 0.25) is 0 Å². The van der Waals surface area contributed by atoms with E-state index in [2.05, 4.69) is 0 Å². The molecule has 1 aromatic carbocycles. The van der Waals surface area contributed by atoms with Crippen molar-refractivity contribution in [3.8, 4) is 0 Å². The van der Waals surface area contributed by atoms with E-state index in [-0.39, 0.29) is 47.1 Å². The second-order valence-corrected chi connectivity index (χ2v) is 11.0. The first-order valence-electron chi connectivity index (χ1n) is 12.5. The Morgan fingerprint density at radius 2 is 1.85 bits per heavy atom. The van der Waals surface area contributed by atoms with E-state index in [0.717, 1.165) is 17.3 Å². The van der Waals surface area contributed by atoms with Gasteiger partial charge in [-0.1, -0.05) is 42.2 Å². The number of halogens is 1. The number of para-hydroxylation sites is 1. The van der Waals surface area contributed by atoms with E-state index in [9.17, 15) is 18.8 Å². The standard InChI is InChI=1S/C27H26FN5O4S2/c1-17-6-4-10-32-23(17)29-24(31-14-12-30(13-15-31)20-8-3-2-7-19(20)28)18(25(32)36)16-21-26(37)33(27(38)39-21)11-5-9-22(34)35/h2-4,6-8,10,16H,5,9,11-15H2,1H3,(H,34,35). The number of hydrogen-bond donors (Lipinski definition) is 1. The number of carboxylic acid groups (broad SMARTS) is 1. The van der Waals surface area contributed by atoms with E-state index >= 15 is 0 Å². The number of thiocarbonyl (C=S) groups is 1. The van der Waals surface area contributed by atoms with Crippen LogP contribution in [0.15, 0.2) is 52.3 Å². The highest BCUT2D eigenvalue weighted by Crippen LogP contribution is 2.34. The van der Waals surface area contributed by atoms with Gasteiger partial charge < -0.3 is 14.9 Å². The molecule has 2 fully saturated rings. The lowest BCUT2D eigenvalue weighted by Crippen LogP contribution is -2.47. The molecule has 2 aliphatic rings. The molecule has 0 aliphatic carbocycles. The lowest BCUT2D eigenvalue weighted by atomic mass is 10.2. The van der Waals surface area contributed by atoms with Gasteiger partial charge in [0, 0.05) is 45.3 Å². The highest BCUT2D eigenvalue weighted by Gasteiger charge is 2.33. The third-order valence-corrected chi connectivity index (χ3v) is 8.14. The van der Waals surface area contributed by atoms with Crippen LogP contribution in [0.4, 0.5) is 15.9 Å². The summed E-state index contributed by atoms with van der Waals surface area (Å²) in [5.74, 6) is -1.13. The average Bonchev–Trinajstić information content (AvgIpc) is 3.18. The number of carbonyl (C=O) groups excluding carboxylic acids is 1. The van der Waals surface area contributed by atoms with Gasteiger partial charge in [0.05, 0.1) is 16.2 Å². The first kappa shape index (κ1) is 26.8. The number of carbonyl (C=O) groups is 2. The van der Waals surface area contributed by atoms with Crippen molar-refractivity contribution in [2.24, 2.45) is 0 Å². The zero-order valence-corrected chi connectivity index (χ0v) is 22.8. The summed E-state index contributed by atoms with van der Waals surface area (Å²) in [5, 5.41) is 8.93. The number of aliphatic carboxylic acids is 1. The van der Waals surface area contributed by atoms with E-state index < -0.39 is 5.97 Å². The van der Waals surface area contributed by atoms with Crippen LogP contribution in [0, 0.1) is 12.7 Å². The van der Waals surface area contributed by atoms with Crippen molar-refractivity contribution >= 4 is 63.4 Å². The normalized spacial score (nSPS) is 17.1. The number of hydrogen-bond acceptors (Lipinski definition) is 8. The molecule has 0 bridgehead atoms. The summed E-state index contributed by atoms with van der Waals surface area (Å²) in [6.07, 6.45) is 3.38. The molecule has 0 spiro atoms. The molecule has 0 radical (unpaired) electrons. The molecule has 0 unspecified atom stereocenters. The minimum Gasteiger partial charge on any atom is -0.481 e. The summed E-state index contributed by atoms with van der Waals surface area (Å²) in [6.45, 7) is 4.12. The maximum Gasteiger partial charge on any atom is 0.303 e. The predicted octanol–water partition coefficient (Wildman–Crippen LogP) is 3.53. The van der Waals surface area contributed by atoms with E-state index in [4.69, 9.17) is 22.3 Å². The van der Waals surface area contributed by atoms with E-state index in [1.165, 1.54) is 15.4 Å². The second-order valence-electron chi connectivity index (χ2n) is 9.30. The second kappa shape index (κ2) is 11.1. The van der Waals surface area contributed by atoms with Crippen molar-refractivity contribution in [2.75, 3.05) is 42.5 Å². The third kappa shape index (κ3) is 5.39. The number of piperazine rings is 1. The Labute approximate surface area is 233 Å². The van der Waals surface area contributed by atoms with Gasteiger partial charge in [-0.3, -0.25) is 23.7 Å². The fourth-order valence-corrected chi connectivity index (χ4v) is 6.04. The molecule has 3 aromatic rings. The van der Waals surface area contributed by atoms with Crippen LogP contribution in [0.3, 0.4) is 0 Å². The fourth-order valence-electron chi connectivity index (χ4n) is 4.75. The highest BCUT2D eigenvalue weighted by atomic mass is 32.2. The number of benzene rings is 1. The number of nitrogens with zero attached hydrogens (tertiary/aromatic N) is 5. The molecule has 1 N–H and O–H groups in total. The van der Waals surface area contributed by atoms with Crippen molar-refractivity contribution in [3.05, 3.63) is 74.8 Å². The van der Waals surface area contributed by atoms with Crippen LogP contribution in [-0.2, 0) is 9.59 Å². The van der Waals surface area contributed by atoms with Gasteiger partial charge >= 0.3 is 5.97 Å². The number of pyridine rings is 1. The topological polar surface area (TPSA) is 98.5 Å². The summed E-state index contributed by atoms with van der Waals surface area (Å²) in [4.78, 5) is 48.3. The third-order valence-electron chi connectivity index (χ3n) is 6.76. The first-order valence-corrected chi connectivity index (χ1v) is 13.7. The van der Waals surface area contributed by atoms with E-state index in [1.807, 2.05) is 22.8 Å². The van der Waals surface area contributed by atoms with Gasteiger partial charge in [-0.2, -0.15) is 0 Å². The minimum absolute atomic E-state index is 0.0750. The number of amides is 1. The lowest BCUT2D eigenvalue weighted by molar-refractivity contribution is -0.137. The quantitative estimate of drug-likeness (QED) is 0.340. The molecule has 2 aromatic heterocycles. The van der Waals surface area contributed by atoms with Crippen LogP contribution >= 0.6 is 24.0 Å². The molecule has 5 rings (SSSR count). The number of carboxylic acids is 1. The predicted molar refractivity (Wildman–Crippen MR) is 154 cm³/mol. The summed E-state index contributed by atoms with van der Waals surface area (Å²) >= 11 is 6.46. The Morgan fingerprint density at radius 3 is 2.56 bits per heavy atom. The van der Waals surface area contributed by atoms with Gasteiger partial charge in [0.25, 0.3) is 11.5 Å². The molecule has 1 amide bonds. The molecular formula is C27H26FN5O4S2. The van der Waals surface area contributed by atoms with Gasteiger partial charge in [0.1, 0.15) is 21.6 Å². The summed E-state index contributed by atoms with van der Waals surface area (Å²) in [6, 6.07) is 10.3. The van der Waals surface area contributed by atoms with Gasteiger partial charge in [0.2, 0.25) is 0 Å². The zero-order chi connectivity index (χ0) is 27.7. The Bertz CT molecular complexity index is 1570. The number of aromatic nitrogens is 2. The molecule has 4 heterocycles. The molecule has 2 aliphatic heterocycles. The van der Waals surface area contributed by atoms with Crippen LogP contribution in [0.25, 0.3) is 11.7 Å². The van der Waals surface area contributed by atoms with Gasteiger partial charge in [-0.05, 0) is 43.2 Å². The lowest BCUT2D eigenvalue weighted by Gasteiger charge is -2.37. The smallest absolute Gasteiger partial charge is 0.303 e. The largest absolute Gasteiger partial charge is 0.481 e. The average molecular weight is 568 g/mol. The number of aryl methyl sites for hydroxylation is 1. The number of thioether (sulfide) groups is 1. The molecule has 2 saturated heterocycles. The highest BCUT2D eigenvalue weighted by molar-refractivity contribution is 8.26. The van der Waals surface area contributed by atoms with Crippen molar-refractivity contribution in [2.45, 2.75) is 19.8 Å². The Balaban J connectivity index is 1.49. The fraction of sp³-hybridized carbons (Fsp3) is 0.296. The monoisotopic (exact) mass is 567 g/mol. The summed E-state index contributed by atoms with van der Waals surface area (Å²) < 4.78 is 16.2. The van der Waals surface area contributed by atoms with Crippen molar-refractivity contribution < 1.29 is 19.1 Å². The van der Waals surface area contributed by atoms with Gasteiger partial charge in [-0.25, -0.2) is 9.37 Å². The molecular weight excluding hydrogens is 541 g/mol. The van der Waals surface area contributed by atoms with Crippen LogP contribution in [0.1, 0.15) is 24.0 Å². The summed E-state index contributed by atoms with van der Waals surface area (Å²) in [7, 11) is 0. The SMILES string of the molecule is Cc1cccn2c(=O)c(C=C3SC(=S)N(CCCC(=O)O)C3=O)c(N3CCN(c4ccccc4F)CC3)nc12. The van der Waals surface area contributed by atoms with Crippen molar-refractivity contribution in [1.29, 1.82) is 0 Å². The van der Waals surface area contributed by atoms with Crippen LogP contribution in [-0.4, -0.2) is 68.3 Å². The molecule has 39 heavy (non-hydrogen) atoms. The Morgan fingerprint density at radius 1 is 1.13 bits per heavy atom. The minimum atomic E-state index is -0.943. The van der Waals surface area contributed by atoms with E-state index in [1.54, 1.807) is 36.5 Å². The van der Waals surface area contributed by atoms with Gasteiger partial charge in [-0.15, -0.1) is 0 Å². The number of fused-ring (bicyclic) bond motifs is 1. The molecule has 9 nitrogen and oxygen atoms in total. The Hall–Kier alpha value is -3.77. The van der Waals surface area contributed by atoms with Crippen molar-refractivity contribution in [3.63, 3.8) is 0 Å². The van der Waals surface area contributed by atoms with Crippen molar-refractivity contribution in [1.82, 2.24) is 14.3 Å². The maximum atomic E-state index is 14.4. The summed E-state index contributed by atoms with van der Waals surface area (Å²) in [5.41, 5.74) is 1.84. The molecule has 0 saturated carbocycles. The first-order chi connectivity index (χ1) is 18.7. The van der Waals surface area contributed by atoms with Crippen LogP contribution in [0.5, 0.6) is 0 Å². The zero-order valence-electron chi connectivity index (χ0n) is 21.2. The number of anilines is 2. The van der Waals surface area contributed by atoms with E-state index in [0.29, 0.717) is 47.7 Å². The molecule has 0 atom stereocenters. The molecule has 12 heteroatoms. The Kier molecular flexibility index (Phi) is 7.67.